The van der Waals surface area contributed by atoms with Gasteiger partial charge in [0.2, 0.25) is 5.71 Å². The summed E-state index contributed by atoms with van der Waals surface area (Å²) in [5.41, 5.74) is -0.213. The van der Waals surface area contributed by atoms with E-state index in [0.717, 1.165) is 11.3 Å². The number of aryl methyl sites for hydroxylation is 1. The van der Waals surface area contributed by atoms with Gasteiger partial charge in [0.15, 0.2) is 11.2 Å². The fourth-order valence-electron chi connectivity index (χ4n) is 5.83. The topological polar surface area (TPSA) is 211 Å². The smallest absolute Gasteiger partial charge is 0.413 e. The van der Waals surface area contributed by atoms with E-state index in [-0.39, 0.29) is 22.7 Å². The number of hydrogen-bond acceptors (Lipinski definition) is 13. The van der Waals surface area contributed by atoms with Crippen LogP contribution in [0, 0.1) is 12.3 Å². The number of amides is 2. The van der Waals surface area contributed by atoms with Crippen molar-refractivity contribution in [2.45, 2.75) is 84.3 Å². The summed E-state index contributed by atoms with van der Waals surface area (Å²) in [5, 5.41) is 28.4. The number of thiazole rings is 1. The van der Waals surface area contributed by atoms with Gasteiger partial charge < -0.3 is 39.1 Å². The molecule has 1 saturated heterocycles. The van der Waals surface area contributed by atoms with E-state index >= 15 is 0 Å². The largest absolute Gasteiger partial charge is 0.489 e. The number of nitrogens with zero attached hydrogens (tertiary/aromatic N) is 3. The lowest BCUT2D eigenvalue weighted by molar-refractivity contribution is -0.163. The minimum Gasteiger partial charge on any atom is -0.489 e. The predicted molar refractivity (Wildman–Crippen MR) is 225 cm³/mol. The molecule has 2 atom stereocenters. The van der Waals surface area contributed by atoms with Gasteiger partial charge in [0.1, 0.15) is 35.1 Å². The van der Waals surface area contributed by atoms with Crippen LogP contribution in [0.15, 0.2) is 90.1 Å². The molecular formula is C43H50N6O10S. The second-order valence-corrected chi connectivity index (χ2v) is 17.0. The van der Waals surface area contributed by atoms with Crippen molar-refractivity contribution >= 4 is 52.1 Å². The SMILES string of the molecule is Cc1sc(NC(=O)OC(C)(C)C)nc1/C(=N/OC(COc1ccc(C(=N)N[C@@H]2CCN(C(=O)OC(C)(C)C)C2)cc1)C(=O)OC(c1ccccc1)c1ccccc1)C(=O)O. The van der Waals surface area contributed by atoms with Gasteiger partial charge in [0.25, 0.3) is 6.10 Å². The summed E-state index contributed by atoms with van der Waals surface area (Å²) in [4.78, 5) is 63.3. The van der Waals surface area contributed by atoms with Crippen molar-refractivity contribution in [3.8, 4) is 5.75 Å². The first-order chi connectivity index (χ1) is 28.3. The van der Waals surface area contributed by atoms with E-state index in [0.29, 0.717) is 46.8 Å². The summed E-state index contributed by atoms with van der Waals surface area (Å²) in [6.45, 7) is 12.6. The van der Waals surface area contributed by atoms with Crippen LogP contribution in [-0.2, 0) is 28.6 Å². The minimum atomic E-state index is -1.58. The first-order valence-electron chi connectivity index (χ1n) is 19.2. The standard InChI is InChI=1S/C43H50N6O10S/c1-26-33(46-39(60-26)47-40(53)57-42(2,3)4)34(37(50)51)48-59-32(38(52)56-35(27-14-10-8-11-15-27)28-16-12-9-13-17-28)25-55-31-20-18-29(19-21-31)36(44)45-30-22-23-49(24-30)41(54)58-43(5,6)7/h8-21,30,32,35H,22-25H2,1-7H3,(H2,44,45)(H,50,51)(H,46,47,53)/b48-34-/t30-,32?/m1/s1. The molecule has 16 nitrogen and oxygen atoms in total. The molecule has 1 aromatic heterocycles. The van der Waals surface area contributed by atoms with Gasteiger partial charge in [-0.05, 0) is 90.3 Å². The first kappa shape index (κ1) is 44.6. The van der Waals surface area contributed by atoms with Crippen LogP contribution in [0.3, 0.4) is 0 Å². The Kier molecular flexibility index (Phi) is 14.5. The number of benzene rings is 3. The van der Waals surface area contributed by atoms with Crippen molar-refractivity contribution in [1.29, 1.82) is 5.41 Å². The quantitative estimate of drug-likeness (QED) is 0.0324. The molecule has 2 heterocycles. The Morgan fingerprint density at radius 3 is 2.08 bits per heavy atom. The van der Waals surface area contributed by atoms with Crippen LogP contribution in [0.4, 0.5) is 14.7 Å². The molecule has 4 N–H and O–H groups in total. The van der Waals surface area contributed by atoms with Gasteiger partial charge in [-0.2, -0.15) is 0 Å². The number of hydrogen-bond donors (Lipinski definition) is 4. The van der Waals surface area contributed by atoms with Gasteiger partial charge in [-0.3, -0.25) is 10.7 Å². The number of carboxylic acid groups (broad SMARTS) is 1. The van der Waals surface area contributed by atoms with Crippen LogP contribution in [0.25, 0.3) is 0 Å². The molecule has 4 aromatic rings. The Balaban J connectivity index is 1.33. The zero-order valence-corrected chi connectivity index (χ0v) is 35.3. The Hall–Kier alpha value is -6.49. The second kappa shape index (κ2) is 19.5. The number of likely N-dealkylation sites (tertiary alicyclic amines) is 1. The first-order valence-corrected chi connectivity index (χ1v) is 20.0. The third kappa shape index (κ3) is 13.0. The summed E-state index contributed by atoms with van der Waals surface area (Å²) in [7, 11) is 0. The number of rotatable bonds is 14. The van der Waals surface area contributed by atoms with Gasteiger partial charge in [0.05, 0.1) is 0 Å². The van der Waals surface area contributed by atoms with Crippen molar-refractivity contribution in [3.05, 3.63) is 112 Å². The normalized spacial score (nSPS) is 14.8. The van der Waals surface area contributed by atoms with E-state index in [2.05, 4.69) is 20.8 Å². The average molecular weight is 843 g/mol. The number of nitrogens with one attached hydrogen (secondary N) is 3. The van der Waals surface area contributed by atoms with Crippen molar-refractivity contribution < 1.29 is 48.1 Å². The molecule has 2 amide bonds. The van der Waals surface area contributed by atoms with E-state index in [1.54, 1.807) is 56.9 Å². The molecule has 0 saturated carbocycles. The number of aliphatic carboxylic acids is 1. The number of ether oxygens (including phenoxy) is 4. The molecule has 1 fully saturated rings. The molecule has 1 aliphatic heterocycles. The number of amidine groups is 1. The highest BCUT2D eigenvalue weighted by Gasteiger charge is 2.32. The highest BCUT2D eigenvalue weighted by Crippen LogP contribution is 2.28. The minimum absolute atomic E-state index is 0.0660. The molecule has 0 aliphatic carbocycles. The lowest BCUT2D eigenvalue weighted by Gasteiger charge is -2.24. The number of anilines is 1. The Labute approximate surface area is 352 Å². The lowest BCUT2D eigenvalue weighted by atomic mass is 10.0. The maximum Gasteiger partial charge on any atom is 0.413 e. The zero-order valence-electron chi connectivity index (χ0n) is 34.5. The number of carbonyl (C=O) groups is 4. The lowest BCUT2D eigenvalue weighted by Crippen LogP contribution is -2.40. The van der Waals surface area contributed by atoms with Crippen LogP contribution in [0.5, 0.6) is 5.75 Å². The fourth-order valence-corrected chi connectivity index (χ4v) is 6.63. The third-order valence-corrected chi connectivity index (χ3v) is 9.42. The highest BCUT2D eigenvalue weighted by molar-refractivity contribution is 7.16. The zero-order chi connectivity index (χ0) is 43.6. The number of aromatic nitrogens is 1. The maximum absolute atomic E-state index is 14.0. The highest BCUT2D eigenvalue weighted by atomic mass is 32.1. The summed E-state index contributed by atoms with van der Waals surface area (Å²) in [6, 6.07) is 24.6. The van der Waals surface area contributed by atoms with E-state index in [4.69, 9.17) is 29.2 Å². The summed E-state index contributed by atoms with van der Waals surface area (Å²) in [6.07, 6.45) is -2.96. The fraction of sp³-hybridized carbons (Fsp3) is 0.372. The second-order valence-electron chi connectivity index (χ2n) is 15.8. The molecule has 0 radical (unpaired) electrons. The van der Waals surface area contributed by atoms with Crippen molar-refractivity contribution in [2.24, 2.45) is 5.16 Å². The van der Waals surface area contributed by atoms with Gasteiger partial charge >= 0.3 is 24.1 Å². The molecule has 1 aliphatic rings. The molecular weight excluding hydrogens is 793 g/mol. The van der Waals surface area contributed by atoms with Crippen LogP contribution in [-0.4, -0.2) is 93.7 Å². The van der Waals surface area contributed by atoms with Gasteiger partial charge in [0, 0.05) is 29.6 Å². The van der Waals surface area contributed by atoms with E-state index < -0.39 is 59.9 Å². The van der Waals surface area contributed by atoms with Crippen molar-refractivity contribution in [2.75, 3.05) is 25.0 Å². The average Bonchev–Trinajstić information content (AvgIpc) is 3.80. The van der Waals surface area contributed by atoms with Gasteiger partial charge in [-0.1, -0.05) is 65.8 Å². The van der Waals surface area contributed by atoms with Gasteiger partial charge in [-0.25, -0.2) is 24.2 Å². The molecule has 0 bridgehead atoms. The van der Waals surface area contributed by atoms with Crippen LogP contribution in [0.2, 0.25) is 0 Å². The van der Waals surface area contributed by atoms with Crippen molar-refractivity contribution in [3.63, 3.8) is 0 Å². The molecule has 1 unspecified atom stereocenters. The Bertz CT molecular complexity index is 2130. The van der Waals surface area contributed by atoms with E-state index in [9.17, 15) is 24.3 Å². The van der Waals surface area contributed by atoms with Crippen LogP contribution < -0.4 is 15.4 Å². The van der Waals surface area contributed by atoms with Gasteiger partial charge in [-0.15, -0.1) is 11.3 Å². The Morgan fingerprint density at radius 2 is 1.52 bits per heavy atom. The van der Waals surface area contributed by atoms with E-state index in [1.165, 1.54) is 0 Å². The van der Waals surface area contributed by atoms with Crippen molar-refractivity contribution in [1.82, 2.24) is 15.2 Å². The number of oxime groups is 1. The summed E-state index contributed by atoms with van der Waals surface area (Å²) in [5.74, 6) is -1.95. The van der Waals surface area contributed by atoms with Crippen LogP contribution in [0.1, 0.15) is 81.3 Å². The summed E-state index contributed by atoms with van der Waals surface area (Å²) >= 11 is 1.00. The third-order valence-electron chi connectivity index (χ3n) is 8.54. The number of esters is 1. The maximum atomic E-state index is 14.0. The number of carboxylic acids is 1. The molecule has 17 heteroatoms. The Morgan fingerprint density at radius 1 is 0.917 bits per heavy atom. The molecule has 60 heavy (non-hydrogen) atoms. The van der Waals surface area contributed by atoms with E-state index in [1.807, 2.05) is 81.4 Å². The predicted octanol–water partition coefficient (Wildman–Crippen LogP) is 7.31. The molecule has 5 rings (SSSR count). The molecule has 0 spiro atoms. The number of carbonyl (C=O) groups excluding carboxylic acids is 3. The monoisotopic (exact) mass is 842 g/mol. The molecule has 318 valence electrons. The summed E-state index contributed by atoms with van der Waals surface area (Å²) < 4.78 is 22.8. The molecule has 3 aromatic carbocycles. The van der Waals surface area contributed by atoms with Crippen LogP contribution >= 0.6 is 11.3 Å².